The molecule has 1 amide bonds. The van der Waals surface area contributed by atoms with E-state index in [2.05, 4.69) is 14.7 Å². The van der Waals surface area contributed by atoms with Crippen LogP contribution in [0, 0.1) is 6.92 Å². The van der Waals surface area contributed by atoms with Crippen molar-refractivity contribution < 1.29 is 4.79 Å². The van der Waals surface area contributed by atoms with Crippen LogP contribution >= 0.6 is 23.8 Å². The molecule has 0 atom stereocenters. The average Bonchev–Trinajstić information content (AvgIpc) is 2.75. The van der Waals surface area contributed by atoms with Crippen LogP contribution in [0.3, 0.4) is 0 Å². The van der Waals surface area contributed by atoms with E-state index >= 15 is 0 Å². The fourth-order valence-corrected chi connectivity index (χ4v) is 2.03. The molecule has 1 aromatic heterocycles. The highest BCUT2D eigenvalue weighted by molar-refractivity contribution is 7.80. The fraction of sp³-hybridized carbons (Fsp3) is 0.0909. The maximum atomic E-state index is 11.9. The van der Waals surface area contributed by atoms with E-state index in [9.17, 15) is 4.79 Å². The SMILES string of the molecule is Cc1nsc(NC(=O)c2cccc(C(N)=S)c2)n1. The number of nitrogens with zero attached hydrogens (tertiary/aromatic N) is 2. The van der Waals surface area contributed by atoms with E-state index in [1.807, 2.05) is 0 Å². The molecule has 0 bridgehead atoms. The summed E-state index contributed by atoms with van der Waals surface area (Å²) in [4.78, 5) is 16.3. The summed E-state index contributed by atoms with van der Waals surface area (Å²) in [6, 6.07) is 6.82. The Balaban J connectivity index is 2.18. The van der Waals surface area contributed by atoms with Crippen molar-refractivity contribution in [3.63, 3.8) is 0 Å². The molecule has 0 spiro atoms. The van der Waals surface area contributed by atoms with Gasteiger partial charge in [0.25, 0.3) is 5.91 Å². The Hall–Kier alpha value is -1.86. The number of nitrogens with one attached hydrogen (secondary N) is 1. The molecule has 0 unspecified atom stereocenters. The Labute approximate surface area is 113 Å². The molecule has 0 aliphatic heterocycles. The summed E-state index contributed by atoms with van der Waals surface area (Å²) in [5.41, 5.74) is 6.66. The number of nitrogens with two attached hydrogens (primary N) is 1. The lowest BCUT2D eigenvalue weighted by Crippen LogP contribution is -2.14. The molecule has 0 aliphatic rings. The summed E-state index contributed by atoms with van der Waals surface area (Å²) in [7, 11) is 0. The highest BCUT2D eigenvalue weighted by Crippen LogP contribution is 2.13. The van der Waals surface area contributed by atoms with Crippen molar-refractivity contribution >= 4 is 39.8 Å². The summed E-state index contributed by atoms with van der Waals surface area (Å²) < 4.78 is 3.98. The van der Waals surface area contributed by atoms with Crippen LogP contribution in [-0.4, -0.2) is 20.3 Å². The van der Waals surface area contributed by atoms with Gasteiger partial charge in [0.2, 0.25) is 5.13 Å². The van der Waals surface area contributed by atoms with Crippen LogP contribution in [0.5, 0.6) is 0 Å². The Kier molecular flexibility index (Phi) is 3.63. The Morgan fingerprint density at radius 1 is 1.44 bits per heavy atom. The highest BCUT2D eigenvalue weighted by atomic mass is 32.1. The predicted octanol–water partition coefficient (Wildman–Crippen LogP) is 1.73. The van der Waals surface area contributed by atoms with Crippen LogP contribution in [0.15, 0.2) is 24.3 Å². The second-order valence-electron chi connectivity index (χ2n) is 3.55. The van der Waals surface area contributed by atoms with Gasteiger partial charge in [0, 0.05) is 22.7 Å². The quantitative estimate of drug-likeness (QED) is 0.836. The number of carbonyl (C=O) groups excluding carboxylic acids is 1. The van der Waals surface area contributed by atoms with E-state index in [1.54, 1.807) is 31.2 Å². The van der Waals surface area contributed by atoms with Crippen molar-refractivity contribution in [3.8, 4) is 0 Å². The van der Waals surface area contributed by atoms with Crippen molar-refractivity contribution in [3.05, 3.63) is 41.2 Å². The van der Waals surface area contributed by atoms with Crippen molar-refractivity contribution in [2.75, 3.05) is 5.32 Å². The molecule has 2 aromatic rings. The Bertz CT molecular complexity index is 609. The van der Waals surface area contributed by atoms with Gasteiger partial charge in [-0.25, -0.2) is 4.98 Å². The number of anilines is 1. The van der Waals surface area contributed by atoms with E-state index in [-0.39, 0.29) is 10.9 Å². The topological polar surface area (TPSA) is 80.9 Å². The fourth-order valence-electron chi connectivity index (χ4n) is 1.33. The molecule has 2 rings (SSSR count). The normalized spacial score (nSPS) is 10.1. The Morgan fingerprint density at radius 3 is 2.78 bits per heavy atom. The third-order valence-corrected chi connectivity index (χ3v) is 3.11. The van der Waals surface area contributed by atoms with Gasteiger partial charge in [0.15, 0.2) is 0 Å². The van der Waals surface area contributed by atoms with Crippen LogP contribution in [-0.2, 0) is 0 Å². The first kappa shape index (κ1) is 12.6. The van der Waals surface area contributed by atoms with Crippen LogP contribution in [0.4, 0.5) is 5.13 Å². The van der Waals surface area contributed by atoms with Gasteiger partial charge in [-0.1, -0.05) is 24.4 Å². The number of amides is 1. The number of hydrogen-bond donors (Lipinski definition) is 2. The van der Waals surface area contributed by atoms with Crippen LogP contribution in [0.25, 0.3) is 0 Å². The summed E-state index contributed by atoms with van der Waals surface area (Å²) in [6.45, 7) is 1.76. The second kappa shape index (κ2) is 5.19. The molecule has 5 nitrogen and oxygen atoms in total. The summed E-state index contributed by atoms with van der Waals surface area (Å²) in [6.07, 6.45) is 0. The first-order chi connectivity index (χ1) is 8.56. The molecule has 0 fully saturated rings. The van der Waals surface area contributed by atoms with Crippen molar-refractivity contribution in [2.24, 2.45) is 5.73 Å². The number of aromatic nitrogens is 2. The van der Waals surface area contributed by atoms with Crippen molar-refractivity contribution in [1.82, 2.24) is 9.36 Å². The molecule has 0 saturated heterocycles. The number of thiocarbonyl (C=S) groups is 1. The maximum absolute atomic E-state index is 11.9. The molecule has 1 aromatic carbocycles. The van der Waals surface area contributed by atoms with E-state index in [4.69, 9.17) is 18.0 Å². The van der Waals surface area contributed by atoms with Crippen LogP contribution in [0.1, 0.15) is 21.7 Å². The molecule has 0 saturated carbocycles. The first-order valence-electron chi connectivity index (χ1n) is 5.08. The molecule has 0 radical (unpaired) electrons. The molecule has 18 heavy (non-hydrogen) atoms. The van der Waals surface area contributed by atoms with Gasteiger partial charge in [-0.2, -0.15) is 4.37 Å². The maximum Gasteiger partial charge on any atom is 0.257 e. The zero-order valence-electron chi connectivity index (χ0n) is 9.51. The smallest absolute Gasteiger partial charge is 0.257 e. The summed E-state index contributed by atoms with van der Waals surface area (Å²) >= 11 is 6.01. The lowest BCUT2D eigenvalue weighted by Gasteiger charge is -2.03. The van der Waals surface area contributed by atoms with E-state index < -0.39 is 0 Å². The number of hydrogen-bond acceptors (Lipinski definition) is 5. The van der Waals surface area contributed by atoms with Gasteiger partial charge >= 0.3 is 0 Å². The second-order valence-corrected chi connectivity index (χ2v) is 4.74. The zero-order chi connectivity index (χ0) is 13.1. The standard InChI is InChI=1S/C11H10N4OS2/c1-6-13-11(18-15-6)14-10(16)8-4-2-3-7(5-8)9(12)17/h2-5H,1H3,(H2,12,17)(H,13,14,15,16). The Morgan fingerprint density at radius 2 is 2.17 bits per heavy atom. The molecular formula is C11H10N4OS2. The van der Waals surface area contributed by atoms with E-state index in [0.717, 1.165) is 11.5 Å². The van der Waals surface area contributed by atoms with Crippen LogP contribution in [0.2, 0.25) is 0 Å². The highest BCUT2D eigenvalue weighted by Gasteiger charge is 2.09. The van der Waals surface area contributed by atoms with Gasteiger partial charge in [0.1, 0.15) is 10.8 Å². The third-order valence-electron chi connectivity index (χ3n) is 2.16. The molecule has 7 heteroatoms. The lowest BCUT2D eigenvalue weighted by molar-refractivity contribution is 0.102. The van der Waals surface area contributed by atoms with Gasteiger partial charge in [-0.15, -0.1) is 0 Å². The number of aryl methyl sites for hydroxylation is 1. The average molecular weight is 278 g/mol. The minimum atomic E-state index is -0.260. The minimum absolute atomic E-state index is 0.260. The number of rotatable bonds is 3. The largest absolute Gasteiger partial charge is 0.389 e. The number of carbonyl (C=O) groups is 1. The number of benzene rings is 1. The van der Waals surface area contributed by atoms with Crippen molar-refractivity contribution in [2.45, 2.75) is 6.92 Å². The lowest BCUT2D eigenvalue weighted by atomic mass is 10.1. The monoisotopic (exact) mass is 278 g/mol. The molecular weight excluding hydrogens is 268 g/mol. The molecule has 92 valence electrons. The summed E-state index contributed by atoms with van der Waals surface area (Å²) in [5.74, 6) is 0.372. The first-order valence-corrected chi connectivity index (χ1v) is 6.26. The van der Waals surface area contributed by atoms with E-state index in [1.165, 1.54) is 0 Å². The van der Waals surface area contributed by atoms with Gasteiger partial charge in [0.05, 0.1) is 0 Å². The van der Waals surface area contributed by atoms with Gasteiger partial charge < -0.3 is 5.73 Å². The third kappa shape index (κ3) is 2.88. The predicted molar refractivity (Wildman–Crippen MR) is 74.9 cm³/mol. The van der Waals surface area contributed by atoms with Crippen molar-refractivity contribution in [1.29, 1.82) is 0 Å². The molecule has 1 heterocycles. The molecule has 0 aliphatic carbocycles. The van der Waals surface area contributed by atoms with E-state index in [0.29, 0.717) is 22.1 Å². The van der Waals surface area contributed by atoms with Gasteiger partial charge in [-0.05, 0) is 19.1 Å². The van der Waals surface area contributed by atoms with Gasteiger partial charge in [-0.3, -0.25) is 10.1 Å². The zero-order valence-corrected chi connectivity index (χ0v) is 11.1. The summed E-state index contributed by atoms with van der Waals surface area (Å²) in [5, 5.41) is 3.14. The molecule has 3 N–H and O–H groups in total. The van der Waals surface area contributed by atoms with Crippen LogP contribution < -0.4 is 11.1 Å². The minimum Gasteiger partial charge on any atom is -0.389 e.